The highest BCUT2D eigenvalue weighted by Crippen LogP contribution is 2.35. The Morgan fingerprint density at radius 3 is 2.00 bits per heavy atom. The molecule has 1 fully saturated rings. The number of piperidine rings is 1. The standard InChI is InChI=1S/C14H18F3N/c1-8-9(2)12(15)14(17)13(16)11(8)10-4-6-18(3)7-5-10/h10H,4-7H2,1-3H3. The second-order valence-electron chi connectivity index (χ2n) is 5.18. The summed E-state index contributed by atoms with van der Waals surface area (Å²) in [5, 5.41) is 0. The van der Waals surface area contributed by atoms with E-state index in [0.717, 1.165) is 25.9 Å². The summed E-state index contributed by atoms with van der Waals surface area (Å²) < 4.78 is 40.9. The lowest BCUT2D eigenvalue weighted by molar-refractivity contribution is 0.251. The molecule has 0 unspecified atom stereocenters. The second kappa shape index (κ2) is 4.92. The molecule has 0 amide bonds. The number of rotatable bonds is 1. The average molecular weight is 257 g/mol. The fourth-order valence-electron chi connectivity index (χ4n) is 2.69. The highest BCUT2D eigenvalue weighted by Gasteiger charge is 2.27. The molecule has 1 aromatic carbocycles. The Hall–Kier alpha value is -1.03. The Bertz CT molecular complexity index is 434. The van der Waals surface area contributed by atoms with E-state index in [1.165, 1.54) is 6.92 Å². The molecule has 2 rings (SSSR count). The summed E-state index contributed by atoms with van der Waals surface area (Å²) in [5.41, 5.74) is 1.16. The van der Waals surface area contributed by atoms with Gasteiger partial charge in [0.2, 0.25) is 0 Å². The van der Waals surface area contributed by atoms with Crippen LogP contribution >= 0.6 is 0 Å². The van der Waals surface area contributed by atoms with Gasteiger partial charge in [0.05, 0.1) is 0 Å². The largest absolute Gasteiger partial charge is 0.306 e. The minimum Gasteiger partial charge on any atom is -0.306 e. The van der Waals surface area contributed by atoms with Crippen molar-refractivity contribution in [3.63, 3.8) is 0 Å². The summed E-state index contributed by atoms with van der Waals surface area (Å²) >= 11 is 0. The van der Waals surface area contributed by atoms with Gasteiger partial charge in [-0.2, -0.15) is 0 Å². The maximum absolute atomic E-state index is 14.0. The molecule has 0 aromatic heterocycles. The zero-order chi connectivity index (χ0) is 13.4. The first-order valence-electron chi connectivity index (χ1n) is 6.25. The van der Waals surface area contributed by atoms with Gasteiger partial charge in [-0.1, -0.05) is 0 Å². The first kappa shape index (κ1) is 13.4. The SMILES string of the molecule is Cc1c(C)c(C2CCN(C)CC2)c(F)c(F)c1F. The third kappa shape index (κ3) is 2.14. The van der Waals surface area contributed by atoms with Crippen LogP contribution < -0.4 is 0 Å². The van der Waals surface area contributed by atoms with E-state index in [-0.39, 0.29) is 11.5 Å². The molecule has 100 valence electrons. The van der Waals surface area contributed by atoms with Crippen LogP contribution in [0.2, 0.25) is 0 Å². The predicted octanol–water partition coefficient (Wildman–Crippen LogP) is 3.53. The van der Waals surface area contributed by atoms with Gasteiger partial charge in [-0.25, -0.2) is 13.2 Å². The molecular weight excluding hydrogens is 239 g/mol. The Kier molecular flexibility index (Phi) is 3.66. The third-order valence-electron chi connectivity index (χ3n) is 4.04. The Morgan fingerprint density at radius 1 is 0.889 bits per heavy atom. The molecule has 18 heavy (non-hydrogen) atoms. The first-order chi connectivity index (χ1) is 8.43. The predicted molar refractivity (Wildman–Crippen MR) is 65.3 cm³/mol. The number of hydrogen-bond donors (Lipinski definition) is 0. The third-order valence-corrected chi connectivity index (χ3v) is 4.04. The van der Waals surface area contributed by atoms with Crippen LogP contribution in [-0.4, -0.2) is 25.0 Å². The smallest absolute Gasteiger partial charge is 0.194 e. The van der Waals surface area contributed by atoms with Crippen LogP contribution in [-0.2, 0) is 0 Å². The van der Waals surface area contributed by atoms with Gasteiger partial charge in [-0.3, -0.25) is 0 Å². The molecule has 0 saturated carbocycles. The minimum atomic E-state index is -1.33. The summed E-state index contributed by atoms with van der Waals surface area (Å²) in [5.74, 6) is -3.38. The van der Waals surface area contributed by atoms with E-state index >= 15 is 0 Å². The van der Waals surface area contributed by atoms with Crippen molar-refractivity contribution in [2.75, 3.05) is 20.1 Å². The van der Waals surface area contributed by atoms with Crippen LogP contribution in [0.1, 0.15) is 35.4 Å². The number of hydrogen-bond acceptors (Lipinski definition) is 1. The fourth-order valence-corrected chi connectivity index (χ4v) is 2.69. The molecule has 0 bridgehead atoms. The lowest BCUT2D eigenvalue weighted by Gasteiger charge is -2.30. The van der Waals surface area contributed by atoms with Gasteiger partial charge in [0.1, 0.15) is 0 Å². The van der Waals surface area contributed by atoms with Crippen LogP contribution in [0.3, 0.4) is 0 Å². The molecule has 1 nitrogen and oxygen atoms in total. The molecule has 4 heteroatoms. The van der Waals surface area contributed by atoms with E-state index < -0.39 is 17.5 Å². The van der Waals surface area contributed by atoms with Crippen molar-refractivity contribution >= 4 is 0 Å². The lowest BCUT2D eigenvalue weighted by Crippen LogP contribution is -2.30. The van der Waals surface area contributed by atoms with Gasteiger partial charge in [0.15, 0.2) is 17.5 Å². The molecular formula is C14H18F3N. The highest BCUT2D eigenvalue weighted by atomic mass is 19.2. The van der Waals surface area contributed by atoms with Crippen molar-refractivity contribution in [1.82, 2.24) is 4.90 Å². The zero-order valence-electron chi connectivity index (χ0n) is 11.0. The minimum absolute atomic E-state index is 0.00463. The van der Waals surface area contributed by atoms with E-state index in [4.69, 9.17) is 0 Å². The average Bonchev–Trinajstić information content (AvgIpc) is 2.36. The molecule has 1 aliphatic rings. The van der Waals surface area contributed by atoms with Gasteiger partial charge < -0.3 is 4.90 Å². The van der Waals surface area contributed by atoms with E-state index in [1.807, 2.05) is 7.05 Å². The summed E-state index contributed by atoms with van der Waals surface area (Å²) in [6.45, 7) is 4.91. The van der Waals surface area contributed by atoms with Crippen LogP contribution in [0.4, 0.5) is 13.2 Å². The van der Waals surface area contributed by atoms with Gasteiger partial charge in [0, 0.05) is 0 Å². The monoisotopic (exact) mass is 257 g/mol. The summed E-state index contributed by atoms with van der Waals surface area (Å²) in [7, 11) is 2.01. The normalized spacial score (nSPS) is 18.3. The number of halogens is 3. The number of benzene rings is 1. The van der Waals surface area contributed by atoms with Crippen LogP contribution in [0.5, 0.6) is 0 Å². The Balaban J connectivity index is 2.45. The van der Waals surface area contributed by atoms with Gasteiger partial charge in [-0.05, 0) is 69.4 Å². The molecule has 0 aliphatic carbocycles. The lowest BCUT2D eigenvalue weighted by atomic mass is 9.85. The molecule has 1 saturated heterocycles. The molecule has 1 heterocycles. The van der Waals surface area contributed by atoms with Crippen LogP contribution in [0.15, 0.2) is 0 Å². The van der Waals surface area contributed by atoms with Crippen LogP contribution in [0, 0.1) is 31.3 Å². The topological polar surface area (TPSA) is 3.24 Å². The molecule has 0 N–H and O–H groups in total. The van der Waals surface area contributed by atoms with Crippen LogP contribution in [0.25, 0.3) is 0 Å². The molecule has 0 atom stereocenters. The van der Waals surface area contributed by atoms with Gasteiger partial charge >= 0.3 is 0 Å². The fraction of sp³-hybridized carbons (Fsp3) is 0.571. The maximum Gasteiger partial charge on any atom is 0.194 e. The molecule has 1 aliphatic heterocycles. The Morgan fingerprint density at radius 2 is 1.44 bits per heavy atom. The highest BCUT2D eigenvalue weighted by molar-refractivity contribution is 5.39. The van der Waals surface area contributed by atoms with E-state index in [9.17, 15) is 13.2 Å². The molecule has 0 spiro atoms. The number of likely N-dealkylation sites (tertiary alicyclic amines) is 1. The van der Waals surface area contributed by atoms with Gasteiger partial charge in [0.25, 0.3) is 0 Å². The first-order valence-corrected chi connectivity index (χ1v) is 6.25. The summed E-state index contributed by atoms with van der Waals surface area (Å²) in [6.07, 6.45) is 1.58. The van der Waals surface area contributed by atoms with E-state index in [1.54, 1.807) is 6.92 Å². The quantitative estimate of drug-likeness (QED) is 0.696. The van der Waals surface area contributed by atoms with E-state index in [2.05, 4.69) is 4.90 Å². The van der Waals surface area contributed by atoms with Crippen molar-refractivity contribution in [2.24, 2.45) is 0 Å². The molecule has 0 radical (unpaired) electrons. The van der Waals surface area contributed by atoms with Crippen molar-refractivity contribution in [3.8, 4) is 0 Å². The second-order valence-corrected chi connectivity index (χ2v) is 5.18. The van der Waals surface area contributed by atoms with Crippen molar-refractivity contribution in [1.29, 1.82) is 0 Å². The Labute approximate surface area is 106 Å². The zero-order valence-corrected chi connectivity index (χ0v) is 11.0. The van der Waals surface area contributed by atoms with E-state index in [0.29, 0.717) is 11.1 Å². The molecule has 1 aromatic rings. The number of nitrogens with zero attached hydrogens (tertiary/aromatic N) is 1. The summed E-state index contributed by atoms with van der Waals surface area (Å²) in [4.78, 5) is 2.16. The van der Waals surface area contributed by atoms with Crippen molar-refractivity contribution < 1.29 is 13.2 Å². The maximum atomic E-state index is 14.0. The summed E-state index contributed by atoms with van der Waals surface area (Å²) in [6, 6.07) is 0. The van der Waals surface area contributed by atoms with Crippen molar-refractivity contribution in [3.05, 3.63) is 34.1 Å². The van der Waals surface area contributed by atoms with Crippen molar-refractivity contribution in [2.45, 2.75) is 32.6 Å². The van der Waals surface area contributed by atoms with Gasteiger partial charge in [-0.15, -0.1) is 0 Å².